The zero-order chi connectivity index (χ0) is 19.9. The average Bonchev–Trinajstić information content (AvgIpc) is 3.39. The van der Waals surface area contributed by atoms with Gasteiger partial charge in [0.15, 0.2) is 11.5 Å². The van der Waals surface area contributed by atoms with E-state index < -0.39 is 0 Å². The lowest BCUT2D eigenvalue weighted by Crippen LogP contribution is -2.30. The number of hydrogen-bond donors (Lipinski definition) is 1. The number of nitrogens with zero attached hydrogens (tertiary/aromatic N) is 2. The first kappa shape index (κ1) is 19.8. The third-order valence-electron chi connectivity index (χ3n) is 4.22. The smallest absolute Gasteiger partial charge is 0.273 e. The molecule has 6 nitrogen and oxygen atoms in total. The van der Waals surface area contributed by atoms with Crippen molar-refractivity contribution in [1.82, 2.24) is 15.4 Å². The Bertz CT molecular complexity index is 917. The minimum atomic E-state index is -0.304. The lowest BCUT2D eigenvalue weighted by atomic mass is 10.1. The highest BCUT2D eigenvalue weighted by molar-refractivity contribution is 7.12. The molecule has 0 unspecified atom stereocenters. The van der Waals surface area contributed by atoms with Crippen LogP contribution in [0.1, 0.15) is 50.4 Å². The normalized spacial score (nSPS) is 10.6. The van der Waals surface area contributed by atoms with Crippen LogP contribution in [0.5, 0.6) is 0 Å². The van der Waals surface area contributed by atoms with Crippen molar-refractivity contribution in [3.8, 4) is 0 Å². The Labute approximate surface area is 168 Å². The molecule has 0 aliphatic heterocycles. The molecule has 0 fully saturated rings. The molecule has 0 radical (unpaired) electrons. The predicted octanol–water partition coefficient (Wildman–Crippen LogP) is 4.03. The fourth-order valence-corrected chi connectivity index (χ4v) is 3.43. The van der Waals surface area contributed by atoms with Gasteiger partial charge in [0.25, 0.3) is 11.8 Å². The number of rotatable bonds is 8. The summed E-state index contributed by atoms with van der Waals surface area (Å²) in [6, 6.07) is 13.2. The number of benzene rings is 1. The van der Waals surface area contributed by atoms with Crippen molar-refractivity contribution in [1.29, 1.82) is 0 Å². The van der Waals surface area contributed by atoms with Crippen LogP contribution in [0.3, 0.4) is 0 Å². The quantitative estimate of drug-likeness (QED) is 0.623. The molecule has 2 heterocycles. The topological polar surface area (TPSA) is 75.4 Å². The second kappa shape index (κ2) is 9.32. The summed E-state index contributed by atoms with van der Waals surface area (Å²) in [4.78, 5) is 27.3. The number of aryl methyl sites for hydroxylation is 1. The Balaban J connectivity index is 1.60. The van der Waals surface area contributed by atoms with Crippen LogP contribution in [-0.4, -0.2) is 28.4 Å². The fraction of sp³-hybridized carbons (Fsp3) is 0.286. The van der Waals surface area contributed by atoms with E-state index >= 15 is 0 Å². The summed E-state index contributed by atoms with van der Waals surface area (Å²) >= 11 is 1.41. The Morgan fingerprint density at radius 2 is 2.00 bits per heavy atom. The standard InChI is InChI=1S/C21H23N3O3S/c1-3-10-24(21(26)19-5-4-11-28-19)14-17-12-18(23-27-17)20(25)22-13-16-8-6-15(2)7-9-16/h4-9,11-12H,3,10,13-14H2,1-2H3,(H,22,25). The lowest BCUT2D eigenvalue weighted by molar-refractivity contribution is 0.0732. The molecule has 1 N–H and O–H groups in total. The number of nitrogens with one attached hydrogen (secondary N) is 1. The maximum absolute atomic E-state index is 12.6. The van der Waals surface area contributed by atoms with Crippen LogP contribution in [0, 0.1) is 6.92 Å². The van der Waals surface area contributed by atoms with Gasteiger partial charge in [-0.25, -0.2) is 0 Å². The average molecular weight is 398 g/mol. The SMILES string of the molecule is CCCN(Cc1cc(C(=O)NCc2ccc(C)cc2)no1)C(=O)c1cccs1. The van der Waals surface area contributed by atoms with E-state index in [2.05, 4.69) is 10.5 Å². The minimum absolute atomic E-state index is 0.0429. The Kier molecular flexibility index (Phi) is 6.60. The molecule has 7 heteroatoms. The van der Waals surface area contributed by atoms with Crippen LogP contribution in [0.25, 0.3) is 0 Å². The van der Waals surface area contributed by atoms with Gasteiger partial charge < -0.3 is 14.7 Å². The van der Waals surface area contributed by atoms with Crippen LogP contribution < -0.4 is 5.32 Å². The van der Waals surface area contributed by atoms with E-state index in [-0.39, 0.29) is 24.1 Å². The molecule has 146 valence electrons. The number of carbonyl (C=O) groups is 2. The van der Waals surface area contributed by atoms with E-state index in [0.717, 1.165) is 12.0 Å². The van der Waals surface area contributed by atoms with E-state index in [0.29, 0.717) is 23.7 Å². The molecule has 28 heavy (non-hydrogen) atoms. The van der Waals surface area contributed by atoms with Crippen molar-refractivity contribution in [2.75, 3.05) is 6.54 Å². The minimum Gasteiger partial charge on any atom is -0.359 e. The second-order valence-corrected chi connectivity index (χ2v) is 7.50. The van der Waals surface area contributed by atoms with Crippen molar-refractivity contribution in [3.05, 3.63) is 75.3 Å². The molecule has 2 aromatic heterocycles. The second-order valence-electron chi connectivity index (χ2n) is 6.55. The van der Waals surface area contributed by atoms with Crippen molar-refractivity contribution in [3.63, 3.8) is 0 Å². The summed E-state index contributed by atoms with van der Waals surface area (Å²) in [5.41, 5.74) is 2.39. The summed E-state index contributed by atoms with van der Waals surface area (Å²) in [5.74, 6) is 0.139. The van der Waals surface area contributed by atoms with E-state index in [1.165, 1.54) is 16.9 Å². The number of carbonyl (C=O) groups excluding carboxylic acids is 2. The first-order valence-corrected chi connectivity index (χ1v) is 10.1. The summed E-state index contributed by atoms with van der Waals surface area (Å²) < 4.78 is 5.30. The van der Waals surface area contributed by atoms with E-state index in [1.807, 2.05) is 49.6 Å². The fourth-order valence-electron chi connectivity index (χ4n) is 2.74. The van der Waals surface area contributed by atoms with Crippen LogP contribution in [0.2, 0.25) is 0 Å². The van der Waals surface area contributed by atoms with Crippen LogP contribution >= 0.6 is 11.3 Å². The lowest BCUT2D eigenvalue weighted by Gasteiger charge is -2.19. The van der Waals surface area contributed by atoms with Crippen molar-refractivity contribution < 1.29 is 14.1 Å². The Morgan fingerprint density at radius 3 is 2.68 bits per heavy atom. The molecule has 0 saturated heterocycles. The van der Waals surface area contributed by atoms with E-state index in [9.17, 15) is 9.59 Å². The zero-order valence-electron chi connectivity index (χ0n) is 16.0. The van der Waals surface area contributed by atoms with Gasteiger partial charge in [-0.15, -0.1) is 11.3 Å². The molecule has 0 aliphatic carbocycles. The molecule has 3 aromatic rings. The monoisotopic (exact) mass is 397 g/mol. The van der Waals surface area contributed by atoms with Crippen LogP contribution in [-0.2, 0) is 13.1 Å². The van der Waals surface area contributed by atoms with E-state index in [1.54, 1.807) is 17.0 Å². The predicted molar refractivity (Wildman–Crippen MR) is 108 cm³/mol. The van der Waals surface area contributed by atoms with Gasteiger partial charge in [-0.2, -0.15) is 0 Å². The van der Waals surface area contributed by atoms with Crippen LogP contribution in [0.4, 0.5) is 0 Å². The van der Waals surface area contributed by atoms with Crippen molar-refractivity contribution in [2.24, 2.45) is 0 Å². The largest absolute Gasteiger partial charge is 0.359 e. The van der Waals surface area contributed by atoms with Gasteiger partial charge in [-0.05, 0) is 30.4 Å². The highest BCUT2D eigenvalue weighted by atomic mass is 32.1. The van der Waals surface area contributed by atoms with Crippen molar-refractivity contribution in [2.45, 2.75) is 33.4 Å². The Hall–Kier alpha value is -2.93. The summed E-state index contributed by atoms with van der Waals surface area (Å²) in [6.45, 7) is 5.33. The Morgan fingerprint density at radius 1 is 1.21 bits per heavy atom. The van der Waals surface area contributed by atoms with Gasteiger partial charge in [0.05, 0.1) is 11.4 Å². The molecule has 0 saturated carbocycles. The van der Waals surface area contributed by atoms with Gasteiger partial charge in [-0.1, -0.05) is 48.0 Å². The van der Waals surface area contributed by atoms with E-state index in [4.69, 9.17) is 4.52 Å². The molecule has 1 aromatic carbocycles. The highest BCUT2D eigenvalue weighted by Gasteiger charge is 2.20. The maximum Gasteiger partial charge on any atom is 0.273 e. The number of thiophene rings is 1. The third kappa shape index (κ3) is 5.07. The maximum atomic E-state index is 12.6. The van der Waals surface area contributed by atoms with Crippen molar-refractivity contribution >= 4 is 23.2 Å². The molecule has 2 amide bonds. The third-order valence-corrected chi connectivity index (χ3v) is 5.08. The van der Waals surface area contributed by atoms with Gasteiger partial charge in [0, 0.05) is 19.2 Å². The number of aromatic nitrogens is 1. The molecule has 0 atom stereocenters. The van der Waals surface area contributed by atoms with Gasteiger partial charge in [0.2, 0.25) is 0 Å². The number of hydrogen-bond acceptors (Lipinski definition) is 5. The van der Waals surface area contributed by atoms with Gasteiger partial charge >= 0.3 is 0 Å². The van der Waals surface area contributed by atoms with Gasteiger partial charge in [-0.3, -0.25) is 9.59 Å². The number of amides is 2. The molecule has 0 aliphatic rings. The molecule has 0 bridgehead atoms. The first-order valence-electron chi connectivity index (χ1n) is 9.19. The first-order chi connectivity index (χ1) is 13.6. The van der Waals surface area contributed by atoms with Gasteiger partial charge in [0.1, 0.15) is 0 Å². The molecular formula is C21H23N3O3S. The summed E-state index contributed by atoms with van der Waals surface area (Å²) in [6.07, 6.45) is 0.829. The summed E-state index contributed by atoms with van der Waals surface area (Å²) in [7, 11) is 0. The summed E-state index contributed by atoms with van der Waals surface area (Å²) in [5, 5.41) is 8.56. The zero-order valence-corrected chi connectivity index (χ0v) is 16.8. The molecule has 0 spiro atoms. The highest BCUT2D eigenvalue weighted by Crippen LogP contribution is 2.16. The molecular weight excluding hydrogens is 374 g/mol. The van der Waals surface area contributed by atoms with Crippen LogP contribution in [0.15, 0.2) is 52.4 Å². The molecule has 3 rings (SSSR count).